The lowest BCUT2D eigenvalue weighted by molar-refractivity contribution is -0.117. The van der Waals surface area contributed by atoms with Crippen LogP contribution in [0.1, 0.15) is 39.4 Å². The average molecular weight is 263 g/mol. The van der Waals surface area contributed by atoms with Gasteiger partial charge < -0.3 is 14.7 Å². The number of hydrogen-bond donors (Lipinski definition) is 1. The van der Waals surface area contributed by atoms with Gasteiger partial charge in [-0.1, -0.05) is 19.9 Å². The van der Waals surface area contributed by atoms with E-state index in [4.69, 9.17) is 4.74 Å². The van der Waals surface area contributed by atoms with Crippen LogP contribution in [0.2, 0.25) is 0 Å². The van der Waals surface area contributed by atoms with Crippen LogP contribution in [0.15, 0.2) is 18.2 Å². The van der Waals surface area contributed by atoms with Gasteiger partial charge in [-0.05, 0) is 30.5 Å². The van der Waals surface area contributed by atoms with Crippen molar-refractivity contribution < 1.29 is 14.6 Å². The summed E-state index contributed by atoms with van der Waals surface area (Å²) in [5.74, 6) is 1.05. The number of carbonyl (C=O) groups is 1. The molecule has 4 heteroatoms. The first-order valence-corrected chi connectivity index (χ1v) is 6.67. The Morgan fingerprint density at radius 3 is 2.63 bits per heavy atom. The summed E-state index contributed by atoms with van der Waals surface area (Å²) >= 11 is 0. The van der Waals surface area contributed by atoms with Crippen molar-refractivity contribution in [3.8, 4) is 5.75 Å². The van der Waals surface area contributed by atoms with E-state index in [-0.39, 0.29) is 12.0 Å². The maximum absolute atomic E-state index is 11.8. The van der Waals surface area contributed by atoms with Crippen molar-refractivity contribution in [2.24, 2.45) is 5.92 Å². The van der Waals surface area contributed by atoms with Crippen LogP contribution in [0.5, 0.6) is 5.75 Å². The Balaban J connectivity index is 2.43. The molecule has 0 saturated heterocycles. The topological polar surface area (TPSA) is 49.8 Å². The molecule has 1 heterocycles. The molecule has 0 fully saturated rings. The molecule has 0 aliphatic carbocycles. The first kappa shape index (κ1) is 13.9. The van der Waals surface area contributed by atoms with E-state index >= 15 is 0 Å². The summed E-state index contributed by atoms with van der Waals surface area (Å²) in [5, 5.41) is 9.65. The van der Waals surface area contributed by atoms with Crippen molar-refractivity contribution in [2.75, 3.05) is 11.4 Å². The van der Waals surface area contributed by atoms with Gasteiger partial charge in [0.05, 0.1) is 18.3 Å². The number of benzene rings is 1. The fourth-order valence-electron chi connectivity index (χ4n) is 2.23. The quantitative estimate of drug-likeness (QED) is 0.892. The number of rotatable bonds is 2. The van der Waals surface area contributed by atoms with Crippen LogP contribution in [0.25, 0.3) is 0 Å². The van der Waals surface area contributed by atoms with Gasteiger partial charge in [0.15, 0.2) is 0 Å². The molecule has 2 atom stereocenters. The third-order valence-corrected chi connectivity index (χ3v) is 3.52. The standard InChI is InChI=1S/C15H21NO3/c1-9(2)15-8-16(11(4)18)13-7-12(10(3)17)5-6-14(13)19-15/h5-7,9-10,15,17H,8H2,1-4H3. The van der Waals surface area contributed by atoms with Crippen molar-refractivity contribution in [1.82, 2.24) is 0 Å². The number of amides is 1. The molecule has 0 radical (unpaired) electrons. The minimum atomic E-state index is -0.554. The van der Waals surface area contributed by atoms with Gasteiger partial charge in [-0.3, -0.25) is 4.79 Å². The second kappa shape index (κ2) is 5.21. The lowest BCUT2D eigenvalue weighted by Gasteiger charge is -2.36. The lowest BCUT2D eigenvalue weighted by atomic mass is 10.0. The third kappa shape index (κ3) is 2.73. The fourth-order valence-corrected chi connectivity index (χ4v) is 2.23. The number of carbonyl (C=O) groups excluding carboxylic acids is 1. The van der Waals surface area contributed by atoms with E-state index < -0.39 is 6.10 Å². The molecule has 0 spiro atoms. The van der Waals surface area contributed by atoms with Crippen LogP contribution in [-0.4, -0.2) is 23.7 Å². The number of aliphatic hydroxyl groups excluding tert-OH is 1. The molecule has 0 saturated carbocycles. The minimum Gasteiger partial charge on any atom is -0.486 e. The zero-order valence-corrected chi connectivity index (χ0v) is 11.9. The van der Waals surface area contributed by atoms with Gasteiger partial charge in [-0.15, -0.1) is 0 Å². The Hall–Kier alpha value is -1.55. The predicted octanol–water partition coefficient (Wildman–Crippen LogP) is 2.51. The molecule has 19 heavy (non-hydrogen) atoms. The van der Waals surface area contributed by atoms with Gasteiger partial charge in [0.25, 0.3) is 0 Å². The fraction of sp³-hybridized carbons (Fsp3) is 0.533. The van der Waals surface area contributed by atoms with Crippen LogP contribution >= 0.6 is 0 Å². The SMILES string of the molecule is CC(=O)N1CC(C(C)C)Oc2ccc(C(C)O)cc21. The highest BCUT2D eigenvalue weighted by molar-refractivity contribution is 5.93. The van der Waals surface area contributed by atoms with E-state index in [1.165, 1.54) is 0 Å². The Labute approximate surface area is 114 Å². The second-order valence-corrected chi connectivity index (χ2v) is 5.43. The summed E-state index contributed by atoms with van der Waals surface area (Å²) < 4.78 is 5.93. The van der Waals surface area contributed by atoms with Gasteiger partial charge in [0, 0.05) is 6.92 Å². The molecule has 0 aromatic heterocycles. The van der Waals surface area contributed by atoms with Gasteiger partial charge >= 0.3 is 0 Å². The molecule has 1 aliphatic rings. The van der Waals surface area contributed by atoms with Crippen LogP contribution in [0, 0.1) is 5.92 Å². The van der Waals surface area contributed by atoms with Crippen molar-refractivity contribution in [2.45, 2.75) is 39.9 Å². The summed E-state index contributed by atoms with van der Waals surface area (Å²) in [7, 11) is 0. The third-order valence-electron chi connectivity index (χ3n) is 3.52. The zero-order chi connectivity index (χ0) is 14.2. The van der Waals surface area contributed by atoms with Crippen LogP contribution in [0.3, 0.4) is 0 Å². The molecule has 4 nitrogen and oxygen atoms in total. The van der Waals surface area contributed by atoms with E-state index in [1.807, 2.05) is 18.2 Å². The molecule has 2 unspecified atom stereocenters. The largest absolute Gasteiger partial charge is 0.486 e. The minimum absolute atomic E-state index is 0.00190. The summed E-state index contributed by atoms with van der Waals surface area (Å²) in [4.78, 5) is 13.6. The maximum Gasteiger partial charge on any atom is 0.224 e. The summed E-state index contributed by atoms with van der Waals surface area (Å²) in [6.45, 7) is 7.99. The normalized spacial score (nSPS) is 19.9. The Morgan fingerprint density at radius 2 is 2.11 bits per heavy atom. The van der Waals surface area contributed by atoms with Crippen LogP contribution in [0.4, 0.5) is 5.69 Å². The Kier molecular flexibility index (Phi) is 3.80. The van der Waals surface area contributed by atoms with Crippen molar-refractivity contribution in [1.29, 1.82) is 0 Å². The number of ether oxygens (including phenoxy) is 1. The van der Waals surface area contributed by atoms with Gasteiger partial charge in [0.1, 0.15) is 11.9 Å². The molecule has 104 valence electrons. The van der Waals surface area contributed by atoms with Crippen LogP contribution in [-0.2, 0) is 4.79 Å². The number of hydrogen-bond acceptors (Lipinski definition) is 3. The first-order chi connectivity index (χ1) is 8.90. The van der Waals surface area contributed by atoms with Crippen molar-refractivity contribution in [3.05, 3.63) is 23.8 Å². The molecule has 1 amide bonds. The smallest absolute Gasteiger partial charge is 0.224 e. The molecular weight excluding hydrogens is 242 g/mol. The van der Waals surface area contributed by atoms with Crippen molar-refractivity contribution >= 4 is 11.6 Å². The number of anilines is 1. The summed E-state index contributed by atoms with van der Waals surface area (Å²) in [5.41, 5.74) is 1.54. The Bertz CT molecular complexity index is 482. The van der Waals surface area contributed by atoms with E-state index in [2.05, 4.69) is 13.8 Å². The maximum atomic E-state index is 11.8. The first-order valence-electron chi connectivity index (χ1n) is 6.67. The molecule has 1 aliphatic heterocycles. The number of aliphatic hydroxyl groups is 1. The highest BCUT2D eigenvalue weighted by Gasteiger charge is 2.30. The lowest BCUT2D eigenvalue weighted by Crippen LogP contribution is -2.45. The van der Waals surface area contributed by atoms with Gasteiger partial charge in [0.2, 0.25) is 5.91 Å². The van der Waals surface area contributed by atoms with Crippen molar-refractivity contribution in [3.63, 3.8) is 0 Å². The van der Waals surface area contributed by atoms with Crippen LogP contribution < -0.4 is 9.64 Å². The molecule has 0 bridgehead atoms. The average Bonchev–Trinajstić information content (AvgIpc) is 2.36. The highest BCUT2D eigenvalue weighted by atomic mass is 16.5. The van der Waals surface area contributed by atoms with Gasteiger partial charge in [-0.2, -0.15) is 0 Å². The molecule has 1 aromatic rings. The zero-order valence-electron chi connectivity index (χ0n) is 11.9. The predicted molar refractivity (Wildman–Crippen MR) is 74.4 cm³/mol. The summed E-state index contributed by atoms with van der Waals surface area (Å²) in [6, 6.07) is 5.50. The molecular formula is C15H21NO3. The number of nitrogens with zero attached hydrogens (tertiary/aromatic N) is 1. The second-order valence-electron chi connectivity index (χ2n) is 5.43. The summed E-state index contributed by atoms with van der Waals surface area (Å²) in [6.07, 6.45) is -0.546. The highest BCUT2D eigenvalue weighted by Crippen LogP contribution is 2.37. The van der Waals surface area contributed by atoms with E-state index in [9.17, 15) is 9.90 Å². The molecule has 1 aromatic carbocycles. The molecule has 1 N–H and O–H groups in total. The van der Waals surface area contributed by atoms with E-state index in [0.29, 0.717) is 18.2 Å². The van der Waals surface area contributed by atoms with E-state index in [0.717, 1.165) is 11.3 Å². The van der Waals surface area contributed by atoms with E-state index in [1.54, 1.807) is 18.7 Å². The number of fused-ring (bicyclic) bond motifs is 1. The Morgan fingerprint density at radius 1 is 1.42 bits per heavy atom. The van der Waals surface area contributed by atoms with Gasteiger partial charge in [-0.25, -0.2) is 0 Å². The molecule has 2 rings (SSSR count). The monoisotopic (exact) mass is 263 g/mol.